The van der Waals surface area contributed by atoms with E-state index in [0.29, 0.717) is 6.42 Å². The molecule has 14 heavy (non-hydrogen) atoms. The van der Waals surface area contributed by atoms with Crippen LogP contribution in [-0.2, 0) is 14.3 Å². The third kappa shape index (κ3) is 9.23. The van der Waals surface area contributed by atoms with E-state index in [9.17, 15) is 9.59 Å². The van der Waals surface area contributed by atoms with Crippen LogP contribution in [0, 0.1) is 0 Å². The minimum Gasteiger partial charge on any atom is -0.458 e. The van der Waals surface area contributed by atoms with Crippen molar-refractivity contribution in [3.05, 3.63) is 0 Å². The minimum absolute atomic E-state index is 0.0756. The Morgan fingerprint density at radius 2 is 1.71 bits per heavy atom. The lowest BCUT2D eigenvalue weighted by atomic mass is 10.1. The molecule has 0 bridgehead atoms. The average Bonchev–Trinajstić information content (AvgIpc) is 2.14. The second kappa shape index (κ2) is 8.73. The number of ether oxygens (including phenoxy) is 1. The van der Waals surface area contributed by atoms with Crippen LogP contribution in [0.3, 0.4) is 0 Å². The zero-order valence-electron chi connectivity index (χ0n) is 9.17. The van der Waals surface area contributed by atoms with Crippen LogP contribution in [0.4, 0.5) is 0 Å². The van der Waals surface area contributed by atoms with Gasteiger partial charge in [0.25, 0.3) is 0 Å². The fourth-order valence-corrected chi connectivity index (χ4v) is 1.13. The quantitative estimate of drug-likeness (QED) is 0.446. The lowest BCUT2D eigenvalue weighted by Gasteiger charge is -2.01. The zero-order chi connectivity index (χ0) is 10.8. The van der Waals surface area contributed by atoms with Crippen molar-refractivity contribution in [2.45, 2.75) is 52.4 Å². The molecule has 0 unspecified atom stereocenters. The normalized spacial score (nSPS) is 9.86. The first-order chi connectivity index (χ1) is 6.66. The molecular weight excluding hydrogens is 180 g/mol. The van der Waals surface area contributed by atoms with Crippen LogP contribution in [0.1, 0.15) is 52.4 Å². The van der Waals surface area contributed by atoms with E-state index >= 15 is 0 Å². The number of hydrogen-bond donors (Lipinski definition) is 0. The van der Waals surface area contributed by atoms with Gasteiger partial charge in [0.1, 0.15) is 6.61 Å². The van der Waals surface area contributed by atoms with E-state index in [1.54, 1.807) is 0 Å². The molecule has 0 fully saturated rings. The molecule has 0 aliphatic heterocycles. The molecular formula is C11H20O3. The lowest BCUT2D eigenvalue weighted by Crippen LogP contribution is -2.10. The van der Waals surface area contributed by atoms with Crippen LogP contribution in [0.15, 0.2) is 0 Å². The number of ketones is 1. The highest BCUT2D eigenvalue weighted by Crippen LogP contribution is 2.05. The summed E-state index contributed by atoms with van der Waals surface area (Å²) in [6, 6.07) is 0. The molecule has 0 heterocycles. The second-order valence-corrected chi connectivity index (χ2v) is 3.53. The summed E-state index contributed by atoms with van der Waals surface area (Å²) >= 11 is 0. The van der Waals surface area contributed by atoms with E-state index in [2.05, 4.69) is 6.92 Å². The molecule has 0 radical (unpaired) electrons. The van der Waals surface area contributed by atoms with Crippen LogP contribution in [0.25, 0.3) is 0 Å². The summed E-state index contributed by atoms with van der Waals surface area (Å²) < 4.78 is 4.72. The summed E-state index contributed by atoms with van der Waals surface area (Å²) in [6.45, 7) is 3.49. The van der Waals surface area contributed by atoms with Gasteiger partial charge in [-0.15, -0.1) is 0 Å². The first-order valence-corrected chi connectivity index (χ1v) is 5.32. The lowest BCUT2D eigenvalue weighted by molar-refractivity contribution is -0.147. The molecule has 82 valence electrons. The van der Waals surface area contributed by atoms with Gasteiger partial charge in [0.2, 0.25) is 0 Å². The minimum atomic E-state index is -0.253. The average molecular weight is 200 g/mol. The van der Waals surface area contributed by atoms with Crippen LogP contribution in [-0.4, -0.2) is 18.4 Å². The van der Waals surface area contributed by atoms with Crippen molar-refractivity contribution < 1.29 is 14.3 Å². The molecule has 3 nitrogen and oxygen atoms in total. The van der Waals surface area contributed by atoms with E-state index < -0.39 is 0 Å². The first kappa shape index (κ1) is 13.1. The number of rotatable bonds is 8. The molecule has 0 saturated carbocycles. The monoisotopic (exact) mass is 200 g/mol. The largest absolute Gasteiger partial charge is 0.458 e. The number of carbonyl (C=O) groups excluding carboxylic acids is 2. The molecule has 0 spiro atoms. The highest BCUT2D eigenvalue weighted by atomic mass is 16.5. The smallest absolute Gasteiger partial charge is 0.306 e. The highest BCUT2D eigenvalue weighted by molar-refractivity contribution is 5.80. The van der Waals surface area contributed by atoms with E-state index in [0.717, 1.165) is 12.8 Å². The first-order valence-electron chi connectivity index (χ1n) is 5.32. The van der Waals surface area contributed by atoms with Gasteiger partial charge in [-0.1, -0.05) is 32.6 Å². The van der Waals surface area contributed by atoms with Gasteiger partial charge in [0.15, 0.2) is 5.78 Å². The molecule has 0 aromatic heterocycles. The predicted octanol–water partition coefficient (Wildman–Crippen LogP) is 2.48. The Bertz CT molecular complexity index is 175. The molecule has 0 aliphatic rings. The fraction of sp³-hybridized carbons (Fsp3) is 0.818. The Morgan fingerprint density at radius 3 is 2.29 bits per heavy atom. The Kier molecular flexibility index (Phi) is 8.19. The summed E-state index contributed by atoms with van der Waals surface area (Å²) in [4.78, 5) is 21.5. The third-order valence-corrected chi connectivity index (χ3v) is 1.92. The van der Waals surface area contributed by atoms with Gasteiger partial charge in [-0.3, -0.25) is 9.59 Å². The number of hydrogen-bond acceptors (Lipinski definition) is 3. The standard InChI is InChI=1S/C11H20O3/c1-3-4-5-6-7-8-11(13)14-9-10(2)12/h3-9H2,1-2H3. The molecule has 0 aliphatic carbocycles. The van der Waals surface area contributed by atoms with Crippen molar-refractivity contribution in [2.24, 2.45) is 0 Å². The maximum absolute atomic E-state index is 11.0. The van der Waals surface area contributed by atoms with E-state index in [-0.39, 0.29) is 18.4 Å². The molecule has 0 amide bonds. The number of Topliss-reactive ketones (excluding diaryl/α,β-unsaturated/α-hetero) is 1. The summed E-state index contributed by atoms with van der Waals surface area (Å²) in [7, 11) is 0. The topological polar surface area (TPSA) is 43.4 Å². The fourth-order valence-electron chi connectivity index (χ4n) is 1.13. The van der Waals surface area contributed by atoms with Gasteiger partial charge < -0.3 is 4.74 Å². The number of carbonyl (C=O) groups is 2. The van der Waals surface area contributed by atoms with Crippen molar-refractivity contribution in [2.75, 3.05) is 6.61 Å². The van der Waals surface area contributed by atoms with Crippen molar-refractivity contribution in [1.29, 1.82) is 0 Å². The van der Waals surface area contributed by atoms with Crippen molar-refractivity contribution in [3.63, 3.8) is 0 Å². The summed E-state index contributed by atoms with van der Waals surface area (Å²) in [5.74, 6) is -0.360. The zero-order valence-corrected chi connectivity index (χ0v) is 9.17. The Balaban J connectivity index is 3.22. The molecule has 0 rings (SSSR count). The Labute approximate surface area is 85.8 Å². The third-order valence-electron chi connectivity index (χ3n) is 1.92. The summed E-state index contributed by atoms with van der Waals surface area (Å²) in [5, 5.41) is 0. The van der Waals surface area contributed by atoms with E-state index in [1.165, 1.54) is 26.2 Å². The van der Waals surface area contributed by atoms with Crippen molar-refractivity contribution >= 4 is 11.8 Å². The maximum Gasteiger partial charge on any atom is 0.306 e. The Morgan fingerprint density at radius 1 is 1.07 bits per heavy atom. The van der Waals surface area contributed by atoms with Crippen LogP contribution < -0.4 is 0 Å². The van der Waals surface area contributed by atoms with Gasteiger partial charge in [-0.2, -0.15) is 0 Å². The van der Waals surface area contributed by atoms with Gasteiger partial charge in [-0.25, -0.2) is 0 Å². The summed E-state index contributed by atoms with van der Waals surface area (Å²) in [5.41, 5.74) is 0. The number of unbranched alkanes of at least 4 members (excludes halogenated alkanes) is 4. The van der Waals surface area contributed by atoms with Gasteiger partial charge in [0, 0.05) is 6.42 Å². The van der Waals surface area contributed by atoms with Gasteiger partial charge in [0.05, 0.1) is 0 Å². The van der Waals surface area contributed by atoms with Gasteiger partial charge in [-0.05, 0) is 13.3 Å². The van der Waals surface area contributed by atoms with Crippen LogP contribution >= 0.6 is 0 Å². The summed E-state index contributed by atoms with van der Waals surface area (Å²) in [6.07, 6.45) is 5.99. The Hall–Kier alpha value is -0.860. The molecule has 0 aromatic rings. The van der Waals surface area contributed by atoms with E-state index in [1.807, 2.05) is 0 Å². The SMILES string of the molecule is CCCCCCCC(=O)OCC(C)=O. The molecule has 0 N–H and O–H groups in total. The van der Waals surface area contributed by atoms with E-state index in [4.69, 9.17) is 4.74 Å². The van der Waals surface area contributed by atoms with Crippen LogP contribution in [0.5, 0.6) is 0 Å². The molecule has 0 atom stereocenters. The van der Waals surface area contributed by atoms with Crippen molar-refractivity contribution in [1.82, 2.24) is 0 Å². The second-order valence-electron chi connectivity index (χ2n) is 3.53. The van der Waals surface area contributed by atoms with Crippen LogP contribution in [0.2, 0.25) is 0 Å². The molecule has 0 aromatic carbocycles. The van der Waals surface area contributed by atoms with Crippen molar-refractivity contribution in [3.8, 4) is 0 Å². The molecule has 3 heteroatoms. The predicted molar refractivity (Wildman–Crippen MR) is 55.0 cm³/mol. The van der Waals surface area contributed by atoms with Gasteiger partial charge >= 0.3 is 5.97 Å². The number of esters is 1. The maximum atomic E-state index is 11.0. The highest BCUT2D eigenvalue weighted by Gasteiger charge is 2.03. The molecule has 0 saturated heterocycles.